The van der Waals surface area contributed by atoms with Gasteiger partial charge >= 0.3 is 0 Å². The standard InChI is InChI=1S/C10H12ClNO/c1-12-10(7-13)6-8-2-4-9(11)5-3-8/h2-5,7,10,12H,6H2,1H3/t10-/m0/s1. The van der Waals surface area contributed by atoms with Crippen LogP contribution >= 0.6 is 11.6 Å². The zero-order valence-corrected chi connectivity index (χ0v) is 8.21. The van der Waals surface area contributed by atoms with Crippen LogP contribution in [0, 0.1) is 0 Å². The number of carbonyl (C=O) groups excluding carboxylic acids is 1. The average Bonchev–Trinajstić information content (AvgIpc) is 2.17. The Kier molecular flexibility index (Phi) is 3.93. The third kappa shape index (κ3) is 3.17. The third-order valence-corrected chi connectivity index (χ3v) is 2.16. The average molecular weight is 198 g/mol. The van der Waals surface area contributed by atoms with E-state index < -0.39 is 0 Å². The lowest BCUT2D eigenvalue weighted by Crippen LogP contribution is -2.28. The molecule has 13 heavy (non-hydrogen) atoms. The highest BCUT2D eigenvalue weighted by Crippen LogP contribution is 2.10. The quantitative estimate of drug-likeness (QED) is 0.745. The van der Waals surface area contributed by atoms with Crippen LogP contribution in [0.4, 0.5) is 0 Å². The second-order valence-electron chi connectivity index (χ2n) is 2.86. The predicted molar refractivity (Wildman–Crippen MR) is 54.1 cm³/mol. The van der Waals surface area contributed by atoms with E-state index in [4.69, 9.17) is 11.6 Å². The molecule has 0 fully saturated rings. The van der Waals surface area contributed by atoms with Gasteiger partial charge in [-0.25, -0.2) is 0 Å². The fourth-order valence-corrected chi connectivity index (χ4v) is 1.22. The Morgan fingerprint density at radius 2 is 2.08 bits per heavy atom. The molecule has 0 amide bonds. The van der Waals surface area contributed by atoms with Crippen molar-refractivity contribution in [2.75, 3.05) is 7.05 Å². The number of halogens is 1. The van der Waals surface area contributed by atoms with E-state index in [9.17, 15) is 4.79 Å². The molecule has 1 atom stereocenters. The van der Waals surface area contributed by atoms with Crippen LogP contribution in [0.1, 0.15) is 5.56 Å². The summed E-state index contributed by atoms with van der Waals surface area (Å²) in [5.74, 6) is 0. The van der Waals surface area contributed by atoms with Crippen LogP contribution in [-0.2, 0) is 11.2 Å². The molecule has 0 aliphatic heterocycles. The molecule has 0 aliphatic carbocycles. The molecule has 2 nitrogen and oxygen atoms in total. The molecule has 0 bridgehead atoms. The second kappa shape index (κ2) is 5.00. The summed E-state index contributed by atoms with van der Waals surface area (Å²) in [5.41, 5.74) is 1.11. The minimum Gasteiger partial charge on any atom is -0.311 e. The molecule has 70 valence electrons. The van der Waals surface area contributed by atoms with E-state index in [2.05, 4.69) is 5.32 Å². The first-order valence-corrected chi connectivity index (χ1v) is 4.51. The van der Waals surface area contributed by atoms with Gasteiger partial charge in [0.15, 0.2) is 0 Å². The largest absolute Gasteiger partial charge is 0.311 e. The molecule has 0 unspecified atom stereocenters. The summed E-state index contributed by atoms with van der Waals surface area (Å²) in [4.78, 5) is 10.5. The van der Waals surface area contributed by atoms with Gasteiger partial charge in [-0.05, 0) is 31.2 Å². The lowest BCUT2D eigenvalue weighted by molar-refractivity contribution is -0.109. The highest BCUT2D eigenvalue weighted by Gasteiger charge is 2.04. The maximum atomic E-state index is 10.5. The number of hydrogen-bond acceptors (Lipinski definition) is 2. The first kappa shape index (κ1) is 10.2. The molecule has 0 heterocycles. The number of benzene rings is 1. The molecule has 0 aromatic heterocycles. The molecule has 0 aliphatic rings. The first-order chi connectivity index (χ1) is 6.26. The molecular formula is C10H12ClNO. The normalized spacial score (nSPS) is 12.5. The van der Waals surface area contributed by atoms with Gasteiger partial charge in [-0.2, -0.15) is 0 Å². The summed E-state index contributed by atoms with van der Waals surface area (Å²) in [7, 11) is 1.77. The van der Waals surface area contributed by atoms with Crippen molar-refractivity contribution in [1.29, 1.82) is 0 Å². The van der Waals surface area contributed by atoms with Gasteiger partial charge in [-0.3, -0.25) is 0 Å². The van der Waals surface area contributed by atoms with Crippen molar-refractivity contribution < 1.29 is 4.79 Å². The Hall–Kier alpha value is -0.860. The van der Waals surface area contributed by atoms with Crippen molar-refractivity contribution in [3.05, 3.63) is 34.9 Å². The van der Waals surface area contributed by atoms with E-state index in [1.165, 1.54) is 0 Å². The molecule has 0 radical (unpaired) electrons. The van der Waals surface area contributed by atoms with Gasteiger partial charge in [0.1, 0.15) is 6.29 Å². The van der Waals surface area contributed by atoms with E-state index in [1.54, 1.807) is 7.05 Å². The van der Waals surface area contributed by atoms with E-state index in [0.29, 0.717) is 6.42 Å². The molecule has 0 spiro atoms. The maximum Gasteiger partial charge on any atom is 0.137 e. The highest BCUT2D eigenvalue weighted by atomic mass is 35.5. The smallest absolute Gasteiger partial charge is 0.137 e. The number of nitrogens with one attached hydrogen (secondary N) is 1. The summed E-state index contributed by atoms with van der Waals surface area (Å²) in [6, 6.07) is 7.40. The Morgan fingerprint density at radius 1 is 1.46 bits per heavy atom. The maximum absolute atomic E-state index is 10.5. The topological polar surface area (TPSA) is 29.1 Å². The molecule has 1 aromatic carbocycles. The Bertz CT molecular complexity index is 271. The van der Waals surface area contributed by atoms with Crippen molar-refractivity contribution in [2.24, 2.45) is 0 Å². The Labute approximate surface area is 82.9 Å². The zero-order valence-electron chi connectivity index (χ0n) is 7.46. The van der Waals surface area contributed by atoms with E-state index >= 15 is 0 Å². The Morgan fingerprint density at radius 3 is 2.54 bits per heavy atom. The van der Waals surface area contributed by atoms with Crippen molar-refractivity contribution in [3.8, 4) is 0 Å². The van der Waals surface area contributed by atoms with E-state index in [1.807, 2.05) is 24.3 Å². The zero-order chi connectivity index (χ0) is 9.68. The van der Waals surface area contributed by atoms with Gasteiger partial charge in [0, 0.05) is 5.02 Å². The van der Waals surface area contributed by atoms with Gasteiger partial charge in [0.25, 0.3) is 0 Å². The fraction of sp³-hybridized carbons (Fsp3) is 0.300. The van der Waals surface area contributed by atoms with E-state index in [-0.39, 0.29) is 6.04 Å². The predicted octanol–water partition coefficient (Wildman–Crippen LogP) is 1.67. The highest BCUT2D eigenvalue weighted by molar-refractivity contribution is 6.30. The van der Waals surface area contributed by atoms with Crippen LogP contribution in [0.3, 0.4) is 0 Å². The molecule has 1 N–H and O–H groups in total. The van der Waals surface area contributed by atoms with Gasteiger partial charge in [0.2, 0.25) is 0 Å². The van der Waals surface area contributed by atoms with Crippen LogP contribution in [0.2, 0.25) is 5.02 Å². The van der Waals surface area contributed by atoms with Crippen LogP contribution in [-0.4, -0.2) is 19.4 Å². The number of hydrogen-bond donors (Lipinski definition) is 1. The monoisotopic (exact) mass is 197 g/mol. The van der Waals surface area contributed by atoms with Crippen molar-refractivity contribution in [3.63, 3.8) is 0 Å². The SMILES string of the molecule is CN[C@H](C=O)Cc1ccc(Cl)cc1. The summed E-state index contributed by atoms with van der Waals surface area (Å²) in [5, 5.41) is 3.63. The van der Waals surface area contributed by atoms with Crippen LogP contribution in [0.15, 0.2) is 24.3 Å². The summed E-state index contributed by atoms with van der Waals surface area (Å²) in [6.07, 6.45) is 1.62. The first-order valence-electron chi connectivity index (χ1n) is 4.13. The third-order valence-electron chi connectivity index (χ3n) is 1.90. The molecule has 1 rings (SSSR count). The van der Waals surface area contributed by atoms with Gasteiger partial charge in [0.05, 0.1) is 6.04 Å². The van der Waals surface area contributed by atoms with Gasteiger partial charge in [-0.15, -0.1) is 0 Å². The van der Waals surface area contributed by atoms with Crippen molar-refractivity contribution in [1.82, 2.24) is 5.32 Å². The second-order valence-corrected chi connectivity index (χ2v) is 3.30. The fourth-order valence-electron chi connectivity index (χ4n) is 1.09. The molecular weight excluding hydrogens is 186 g/mol. The molecule has 3 heteroatoms. The molecule has 0 saturated carbocycles. The van der Waals surface area contributed by atoms with Crippen LogP contribution < -0.4 is 5.32 Å². The summed E-state index contributed by atoms with van der Waals surface area (Å²) >= 11 is 5.73. The van der Waals surface area contributed by atoms with Gasteiger partial charge < -0.3 is 10.1 Å². The number of likely N-dealkylation sites (N-methyl/N-ethyl adjacent to an activating group) is 1. The van der Waals surface area contributed by atoms with E-state index in [0.717, 1.165) is 16.9 Å². The number of aldehydes is 1. The van der Waals surface area contributed by atoms with Gasteiger partial charge in [-0.1, -0.05) is 23.7 Å². The van der Waals surface area contributed by atoms with Crippen molar-refractivity contribution in [2.45, 2.75) is 12.5 Å². The lowest BCUT2D eigenvalue weighted by Gasteiger charge is -2.08. The minimum absolute atomic E-state index is 0.110. The molecule has 1 aromatic rings. The summed E-state index contributed by atoms with van der Waals surface area (Å²) < 4.78 is 0. The lowest BCUT2D eigenvalue weighted by atomic mass is 10.1. The van der Waals surface area contributed by atoms with Crippen LogP contribution in [0.5, 0.6) is 0 Å². The minimum atomic E-state index is -0.110. The number of rotatable bonds is 4. The van der Waals surface area contributed by atoms with Crippen LogP contribution in [0.25, 0.3) is 0 Å². The molecule has 0 saturated heterocycles. The van der Waals surface area contributed by atoms with Crippen molar-refractivity contribution >= 4 is 17.9 Å². The number of carbonyl (C=O) groups is 1. The Balaban J connectivity index is 2.63. The summed E-state index contributed by atoms with van der Waals surface area (Å²) in [6.45, 7) is 0.